The Hall–Kier alpha value is -2.25. The Morgan fingerprint density at radius 2 is 2.21 bits per heavy atom. The van der Waals surface area contributed by atoms with Gasteiger partial charge in [-0.2, -0.15) is 9.40 Å². The Kier molecular flexibility index (Phi) is 3.82. The third kappa shape index (κ3) is 2.81. The van der Waals surface area contributed by atoms with E-state index in [2.05, 4.69) is 33.4 Å². The fourth-order valence-corrected chi connectivity index (χ4v) is 4.74. The van der Waals surface area contributed by atoms with E-state index in [1.807, 2.05) is 12.1 Å². The summed E-state index contributed by atoms with van der Waals surface area (Å²) in [6.07, 6.45) is 6.33. The third-order valence-electron chi connectivity index (χ3n) is 4.55. The van der Waals surface area contributed by atoms with E-state index >= 15 is 0 Å². The van der Waals surface area contributed by atoms with Crippen LogP contribution in [-0.2, 0) is 16.4 Å². The average molecular weight is 342 g/mol. The lowest BCUT2D eigenvalue weighted by Gasteiger charge is -2.15. The zero-order valence-corrected chi connectivity index (χ0v) is 13.9. The molecule has 1 aliphatic rings. The van der Waals surface area contributed by atoms with Gasteiger partial charge in [0.1, 0.15) is 4.90 Å². The van der Waals surface area contributed by atoms with Gasteiger partial charge < -0.3 is 0 Å². The zero-order valence-electron chi connectivity index (χ0n) is 13.1. The Morgan fingerprint density at radius 1 is 1.29 bits per heavy atom. The largest absolute Gasteiger partial charge is 0.284 e. The van der Waals surface area contributed by atoms with Crippen LogP contribution in [0.3, 0.4) is 0 Å². The molecule has 1 aromatic carbocycles. The van der Waals surface area contributed by atoms with E-state index in [1.165, 1.54) is 18.0 Å². The van der Waals surface area contributed by atoms with E-state index in [-0.39, 0.29) is 4.90 Å². The highest BCUT2D eigenvalue weighted by molar-refractivity contribution is 7.89. The Balaban J connectivity index is 1.48. The van der Waals surface area contributed by atoms with Crippen LogP contribution < -0.4 is 0 Å². The van der Waals surface area contributed by atoms with Gasteiger partial charge in [-0.25, -0.2) is 8.42 Å². The summed E-state index contributed by atoms with van der Waals surface area (Å²) in [7, 11) is -3.43. The Morgan fingerprint density at radius 3 is 3.04 bits per heavy atom. The topological polar surface area (TPSA) is 79.0 Å². The number of nitrogens with one attached hydrogen (secondary N) is 1. The summed E-state index contributed by atoms with van der Waals surface area (Å²) in [4.78, 5) is 4.57. The first-order chi connectivity index (χ1) is 11.6. The normalized spacial score (nSPS) is 19.1. The van der Waals surface area contributed by atoms with E-state index < -0.39 is 10.0 Å². The van der Waals surface area contributed by atoms with Crippen molar-refractivity contribution in [3.63, 3.8) is 0 Å². The van der Waals surface area contributed by atoms with Crippen molar-refractivity contribution in [2.75, 3.05) is 13.1 Å². The van der Waals surface area contributed by atoms with Gasteiger partial charge in [0.05, 0.1) is 11.7 Å². The minimum absolute atomic E-state index is 0.236. The van der Waals surface area contributed by atoms with Crippen molar-refractivity contribution in [2.24, 2.45) is 5.92 Å². The maximum Gasteiger partial charge on any atom is 0.246 e. The fraction of sp³-hybridized carbons (Fsp3) is 0.294. The van der Waals surface area contributed by atoms with Crippen molar-refractivity contribution in [3.8, 4) is 0 Å². The van der Waals surface area contributed by atoms with Crippen molar-refractivity contribution in [1.29, 1.82) is 0 Å². The van der Waals surface area contributed by atoms with Gasteiger partial charge in [0.2, 0.25) is 10.0 Å². The van der Waals surface area contributed by atoms with E-state index in [4.69, 9.17) is 0 Å². The molecule has 0 aliphatic carbocycles. The SMILES string of the molecule is O=S(=O)(c1cn[nH]c1)N1CC[C@H](Cc2ccc3ncccc3c2)C1. The second-order valence-corrected chi connectivity index (χ2v) is 8.12. The highest BCUT2D eigenvalue weighted by Crippen LogP contribution is 2.27. The molecule has 6 nitrogen and oxygen atoms in total. The van der Waals surface area contributed by atoms with E-state index in [9.17, 15) is 8.42 Å². The highest BCUT2D eigenvalue weighted by atomic mass is 32.2. The van der Waals surface area contributed by atoms with Crippen LogP contribution in [0, 0.1) is 5.92 Å². The molecule has 1 saturated heterocycles. The lowest BCUT2D eigenvalue weighted by Crippen LogP contribution is -2.28. The fourth-order valence-electron chi connectivity index (χ4n) is 3.30. The van der Waals surface area contributed by atoms with Crippen LogP contribution in [0.5, 0.6) is 0 Å². The summed E-state index contributed by atoms with van der Waals surface area (Å²) < 4.78 is 26.6. The second kappa shape index (κ2) is 5.99. The monoisotopic (exact) mass is 342 g/mol. The standard InChI is InChI=1S/C17H18N4O2S/c22-24(23,16-10-19-20-11-16)21-7-5-14(12-21)8-13-3-4-17-15(9-13)2-1-6-18-17/h1-4,6,9-11,14H,5,7-8,12H2,(H,19,20)/t14-/m1/s1. The quantitative estimate of drug-likeness (QED) is 0.788. The minimum atomic E-state index is -3.43. The highest BCUT2D eigenvalue weighted by Gasteiger charge is 2.33. The number of pyridine rings is 1. The molecule has 3 aromatic rings. The third-order valence-corrected chi connectivity index (χ3v) is 6.38. The van der Waals surface area contributed by atoms with E-state index in [0.717, 1.165) is 23.7 Å². The molecule has 0 radical (unpaired) electrons. The molecule has 1 aliphatic heterocycles. The number of nitrogens with zero attached hydrogens (tertiary/aromatic N) is 3. The molecule has 124 valence electrons. The summed E-state index contributed by atoms with van der Waals surface area (Å²) >= 11 is 0. The maximum atomic E-state index is 12.5. The van der Waals surface area contributed by atoms with Crippen LogP contribution in [0.2, 0.25) is 0 Å². The van der Waals surface area contributed by atoms with Crippen LogP contribution in [0.4, 0.5) is 0 Å². The molecule has 2 aromatic heterocycles. The minimum Gasteiger partial charge on any atom is -0.284 e. The summed E-state index contributed by atoms with van der Waals surface area (Å²) in [5.74, 6) is 0.334. The number of benzene rings is 1. The summed E-state index contributed by atoms with van der Waals surface area (Å²) in [6, 6.07) is 10.2. The molecule has 4 rings (SSSR count). The van der Waals surface area contributed by atoms with Crippen molar-refractivity contribution in [1.82, 2.24) is 19.5 Å². The van der Waals surface area contributed by atoms with Gasteiger partial charge in [0.25, 0.3) is 0 Å². The lowest BCUT2D eigenvalue weighted by atomic mass is 9.97. The van der Waals surface area contributed by atoms with Gasteiger partial charge in [-0.15, -0.1) is 0 Å². The molecule has 0 amide bonds. The Bertz CT molecular complexity index is 954. The number of H-pyrrole nitrogens is 1. The summed E-state index contributed by atoms with van der Waals surface area (Å²) in [6.45, 7) is 1.12. The van der Waals surface area contributed by atoms with Gasteiger partial charge in [0.15, 0.2) is 0 Å². The molecule has 0 spiro atoms. The number of fused-ring (bicyclic) bond motifs is 1. The first-order valence-corrected chi connectivity index (χ1v) is 9.39. The molecule has 0 saturated carbocycles. The molecule has 1 N–H and O–H groups in total. The first kappa shape index (κ1) is 15.3. The van der Waals surface area contributed by atoms with Crippen molar-refractivity contribution >= 4 is 20.9 Å². The lowest BCUT2D eigenvalue weighted by molar-refractivity contribution is 0.456. The predicted molar refractivity (Wildman–Crippen MR) is 90.9 cm³/mol. The van der Waals surface area contributed by atoms with Crippen molar-refractivity contribution in [2.45, 2.75) is 17.7 Å². The van der Waals surface area contributed by atoms with Crippen LogP contribution in [0.25, 0.3) is 10.9 Å². The molecular formula is C17H18N4O2S. The Labute approximate surface area is 140 Å². The molecule has 7 heteroatoms. The molecule has 0 unspecified atom stereocenters. The zero-order chi connectivity index (χ0) is 16.6. The van der Waals surface area contributed by atoms with Crippen LogP contribution >= 0.6 is 0 Å². The first-order valence-electron chi connectivity index (χ1n) is 7.95. The molecule has 1 atom stereocenters. The maximum absolute atomic E-state index is 12.5. The number of hydrogen-bond donors (Lipinski definition) is 1. The van der Waals surface area contributed by atoms with Crippen molar-refractivity contribution in [3.05, 3.63) is 54.5 Å². The van der Waals surface area contributed by atoms with Crippen LogP contribution in [0.15, 0.2) is 53.8 Å². The predicted octanol–water partition coefficient (Wildman–Crippen LogP) is 2.21. The van der Waals surface area contributed by atoms with E-state index in [1.54, 1.807) is 10.5 Å². The van der Waals surface area contributed by atoms with Gasteiger partial charge in [-0.1, -0.05) is 12.1 Å². The van der Waals surface area contributed by atoms with Gasteiger partial charge in [-0.05, 0) is 42.5 Å². The number of hydrogen-bond acceptors (Lipinski definition) is 4. The summed E-state index contributed by atoms with van der Waals surface area (Å²) in [5, 5.41) is 7.43. The van der Waals surface area contributed by atoms with Gasteiger partial charge in [0, 0.05) is 30.9 Å². The summed E-state index contributed by atoms with van der Waals surface area (Å²) in [5.41, 5.74) is 2.21. The molecular weight excluding hydrogens is 324 g/mol. The van der Waals surface area contributed by atoms with Gasteiger partial charge >= 0.3 is 0 Å². The number of aromatic amines is 1. The van der Waals surface area contributed by atoms with Crippen molar-refractivity contribution < 1.29 is 8.42 Å². The van der Waals surface area contributed by atoms with Crippen LogP contribution in [0.1, 0.15) is 12.0 Å². The average Bonchev–Trinajstić information content (AvgIpc) is 3.27. The molecule has 24 heavy (non-hydrogen) atoms. The smallest absolute Gasteiger partial charge is 0.246 e. The number of aromatic nitrogens is 3. The molecule has 1 fully saturated rings. The second-order valence-electron chi connectivity index (χ2n) is 6.19. The number of sulfonamides is 1. The molecule has 3 heterocycles. The van der Waals surface area contributed by atoms with Crippen LogP contribution in [-0.4, -0.2) is 41.0 Å². The molecule has 0 bridgehead atoms. The van der Waals surface area contributed by atoms with Gasteiger partial charge in [-0.3, -0.25) is 10.1 Å². The number of rotatable bonds is 4. The van der Waals surface area contributed by atoms with E-state index in [0.29, 0.717) is 19.0 Å².